The average molecular weight is 181 g/mol. The van der Waals surface area contributed by atoms with Crippen LogP contribution in [-0.4, -0.2) is 5.88 Å². The highest BCUT2D eigenvalue weighted by Gasteiger charge is 1.97. The van der Waals surface area contributed by atoms with Crippen LogP contribution < -0.4 is 0 Å². The van der Waals surface area contributed by atoms with Gasteiger partial charge in [-0.25, -0.2) is 0 Å². The van der Waals surface area contributed by atoms with Crippen LogP contribution in [0.2, 0.25) is 0 Å². The minimum atomic E-state index is 0.612. The van der Waals surface area contributed by atoms with Gasteiger partial charge in [-0.2, -0.15) is 0 Å². The quantitative estimate of drug-likeness (QED) is 0.609. The highest BCUT2D eigenvalue weighted by molar-refractivity contribution is 6.19. The van der Waals surface area contributed by atoms with E-state index in [0.29, 0.717) is 5.88 Å². The maximum atomic E-state index is 5.74. The molecule has 0 aliphatic carbocycles. The lowest BCUT2D eigenvalue weighted by atomic mass is 10.0. The lowest BCUT2D eigenvalue weighted by molar-refractivity contribution is 1.37. The summed E-state index contributed by atoms with van der Waals surface area (Å²) in [6, 6.07) is 10.3. The molecule has 0 aliphatic rings. The number of allylic oxidation sites excluding steroid dienone is 2. The van der Waals surface area contributed by atoms with Gasteiger partial charge in [0, 0.05) is 5.88 Å². The van der Waals surface area contributed by atoms with E-state index in [1.165, 1.54) is 16.7 Å². The summed E-state index contributed by atoms with van der Waals surface area (Å²) in [6.07, 6.45) is 0. The molecule has 0 unspecified atom stereocenters. The second-order valence-corrected chi connectivity index (χ2v) is 3.17. The fourth-order valence-electron chi connectivity index (χ4n) is 1.03. The summed E-state index contributed by atoms with van der Waals surface area (Å²) in [7, 11) is 0. The first-order valence-corrected chi connectivity index (χ1v) is 4.57. The Kier molecular flexibility index (Phi) is 3.36. The maximum Gasteiger partial charge on any atom is 0.0436 e. The van der Waals surface area contributed by atoms with E-state index in [1.54, 1.807) is 0 Å². The minimum Gasteiger partial charge on any atom is -0.122 e. The van der Waals surface area contributed by atoms with Gasteiger partial charge in [0.25, 0.3) is 0 Å². The van der Waals surface area contributed by atoms with E-state index in [9.17, 15) is 0 Å². The van der Waals surface area contributed by atoms with Gasteiger partial charge in [0.1, 0.15) is 0 Å². The summed E-state index contributed by atoms with van der Waals surface area (Å²) in [4.78, 5) is 0. The number of hydrogen-bond donors (Lipinski definition) is 0. The Labute approximate surface area is 78.9 Å². The van der Waals surface area contributed by atoms with Crippen LogP contribution in [0.4, 0.5) is 0 Å². The molecule has 0 aromatic heterocycles. The summed E-state index contributed by atoms with van der Waals surface area (Å²) in [5.74, 6) is 0.612. The van der Waals surface area contributed by atoms with E-state index in [-0.39, 0.29) is 0 Å². The van der Waals surface area contributed by atoms with Gasteiger partial charge < -0.3 is 0 Å². The van der Waals surface area contributed by atoms with Crippen molar-refractivity contribution < 1.29 is 0 Å². The number of alkyl halides is 1. The van der Waals surface area contributed by atoms with Gasteiger partial charge in [-0.3, -0.25) is 0 Å². The number of rotatable bonds is 2. The molecule has 0 atom stereocenters. The molecule has 0 saturated carbocycles. The molecule has 0 spiro atoms. The highest BCUT2D eigenvalue weighted by Crippen LogP contribution is 2.17. The summed E-state index contributed by atoms with van der Waals surface area (Å²) in [6.45, 7) is 4.17. The van der Waals surface area contributed by atoms with E-state index in [4.69, 9.17) is 11.6 Å². The predicted octanol–water partition coefficient (Wildman–Crippen LogP) is 3.72. The molecular formula is C11H13Cl. The van der Waals surface area contributed by atoms with Crippen LogP contribution in [0.1, 0.15) is 19.4 Å². The first-order chi connectivity index (χ1) is 5.75. The van der Waals surface area contributed by atoms with Crippen molar-refractivity contribution in [1.82, 2.24) is 0 Å². The minimum absolute atomic E-state index is 0.612. The zero-order valence-corrected chi connectivity index (χ0v) is 8.23. The molecule has 0 radical (unpaired) electrons. The maximum absolute atomic E-state index is 5.74. The van der Waals surface area contributed by atoms with Crippen molar-refractivity contribution in [3.8, 4) is 0 Å². The number of hydrogen-bond acceptors (Lipinski definition) is 0. The highest BCUT2D eigenvalue weighted by atomic mass is 35.5. The summed E-state index contributed by atoms with van der Waals surface area (Å²) in [5.41, 5.74) is 3.78. The summed E-state index contributed by atoms with van der Waals surface area (Å²) < 4.78 is 0. The Balaban J connectivity index is 3.00. The molecular weight excluding hydrogens is 168 g/mol. The van der Waals surface area contributed by atoms with E-state index >= 15 is 0 Å². The smallest absolute Gasteiger partial charge is 0.0436 e. The van der Waals surface area contributed by atoms with Crippen molar-refractivity contribution in [1.29, 1.82) is 0 Å². The van der Waals surface area contributed by atoms with Crippen LogP contribution in [0.3, 0.4) is 0 Å². The van der Waals surface area contributed by atoms with Crippen LogP contribution in [0.15, 0.2) is 35.9 Å². The molecule has 0 N–H and O–H groups in total. The number of halogens is 1. The third-order valence-electron chi connectivity index (χ3n) is 2.05. The van der Waals surface area contributed by atoms with Gasteiger partial charge in [0.2, 0.25) is 0 Å². The molecule has 12 heavy (non-hydrogen) atoms. The first kappa shape index (κ1) is 9.34. The fraction of sp³-hybridized carbons (Fsp3) is 0.273. The molecule has 0 heterocycles. The van der Waals surface area contributed by atoms with Gasteiger partial charge in [-0.1, -0.05) is 35.9 Å². The molecule has 64 valence electrons. The molecule has 0 nitrogen and oxygen atoms in total. The normalized spacial score (nSPS) is 12.6. The lowest BCUT2D eigenvalue weighted by Gasteiger charge is -2.04. The number of benzene rings is 1. The van der Waals surface area contributed by atoms with Crippen LogP contribution in [0.5, 0.6) is 0 Å². The Hall–Kier alpha value is -0.750. The topological polar surface area (TPSA) is 0 Å². The largest absolute Gasteiger partial charge is 0.122 e. The Morgan fingerprint density at radius 2 is 1.75 bits per heavy atom. The summed E-state index contributed by atoms with van der Waals surface area (Å²) >= 11 is 5.74. The molecule has 0 bridgehead atoms. The standard InChI is InChI=1S/C11H13Cl/c1-9(8-12)10(2)11-6-4-3-5-7-11/h3-7H,8H2,1-2H3/b10-9+. The van der Waals surface area contributed by atoms with E-state index in [1.807, 2.05) is 18.2 Å². The third kappa shape index (κ3) is 2.12. The van der Waals surface area contributed by atoms with Crippen molar-refractivity contribution in [2.24, 2.45) is 0 Å². The van der Waals surface area contributed by atoms with Crippen LogP contribution in [0.25, 0.3) is 5.57 Å². The lowest BCUT2D eigenvalue weighted by Crippen LogP contribution is -1.85. The second-order valence-electron chi connectivity index (χ2n) is 2.90. The van der Waals surface area contributed by atoms with Crippen molar-refractivity contribution in [2.45, 2.75) is 13.8 Å². The monoisotopic (exact) mass is 180 g/mol. The average Bonchev–Trinajstić information content (AvgIpc) is 2.17. The Morgan fingerprint density at radius 1 is 1.17 bits per heavy atom. The molecule has 0 aliphatic heterocycles. The van der Waals surface area contributed by atoms with Crippen LogP contribution in [-0.2, 0) is 0 Å². The Morgan fingerprint density at radius 3 is 2.25 bits per heavy atom. The van der Waals surface area contributed by atoms with Crippen molar-refractivity contribution in [3.05, 3.63) is 41.5 Å². The predicted molar refractivity (Wildman–Crippen MR) is 55.4 cm³/mol. The van der Waals surface area contributed by atoms with Crippen LogP contribution in [0, 0.1) is 0 Å². The summed E-state index contributed by atoms with van der Waals surface area (Å²) in [5, 5.41) is 0. The zero-order valence-electron chi connectivity index (χ0n) is 7.47. The molecule has 1 rings (SSSR count). The van der Waals surface area contributed by atoms with E-state index in [0.717, 1.165) is 0 Å². The van der Waals surface area contributed by atoms with Gasteiger partial charge in [0.05, 0.1) is 0 Å². The first-order valence-electron chi connectivity index (χ1n) is 4.03. The Bertz CT molecular complexity index is 272. The van der Waals surface area contributed by atoms with Gasteiger partial charge in [0.15, 0.2) is 0 Å². The molecule has 1 aromatic rings. The van der Waals surface area contributed by atoms with Gasteiger partial charge in [-0.05, 0) is 25.0 Å². The second kappa shape index (κ2) is 4.32. The van der Waals surface area contributed by atoms with Crippen LogP contribution >= 0.6 is 11.6 Å². The van der Waals surface area contributed by atoms with Crippen molar-refractivity contribution >= 4 is 17.2 Å². The van der Waals surface area contributed by atoms with Gasteiger partial charge in [-0.15, -0.1) is 11.6 Å². The fourth-order valence-corrected chi connectivity index (χ4v) is 1.24. The SMILES string of the molecule is C/C(CCl)=C(/C)c1ccccc1. The van der Waals surface area contributed by atoms with Crippen molar-refractivity contribution in [3.63, 3.8) is 0 Å². The van der Waals surface area contributed by atoms with E-state index in [2.05, 4.69) is 26.0 Å². The molecule has 0 amide bonds. The zero-order chi connectivity index (χ0) is 8.97. The van der Waals surface area contributed by atoms with Gasteiger partial charge >= 0.3 is 0 Å². The molecule has 1 aromatic carbocycles. The van der Waals surface area contributed by atoms with Crippen molar-refractivity contribution in [2.75, 3.05) is 5.88 Å². The van der Waals surface area contributed by atoms with E-state index < -0.39 is 0 Å². The molecule has 0 fully saturated rings. The third-order valence-corrected chi connectivity index (χ3v) is 2.45. The molecule has 1 heteroatoms. The molecule has 0 saturated heterocycles.